The first-order valence-electron chi connectivity index (χ1n) is 8.40. The summed E-state index contributed by atoms with van der Waals surface area (Å²) in [6.45, 7) is 1.54. The number of rotatable bonds is 3. The van der Waals surface area contributed by atoms with Crippen molar-refractivity contribution in [2.75, 3.05) is 18.9 Å². The molecule has 0 bridgehead atoms. The van der Waals surface area contributed by atoms with Crippen molar-refractivity contribution < 1.29 is 5.11 Å². The van der Waals surface area contributed by atoms with Gasteiger partial charge in [0.15, 0.2) is 5.75 Å². The first-order chi connectivity index (χ1) is 12.8. The van der Waals surface area contributed by atoms with E-state index in [-0.39, 0.29) is 11.6 Å². The molecule has 27 heavy (non-hydrogen) atoms. The van der Waals surface area contributed by atoms with E-state index in [0.29, 0.717) is 15.7 Å². The van der Waals surface area contributed by atoms with Crippen LogP contribution in [0, 0.1) is 0 Å². The van der Waals surface area contributed by atoms with Crippen LogP contribution in [0.25, 0.3) is 0 Å². The third-order valence-corrected chi connectivity index (χ3v) is 5.49. The van der Waals surface area contributed by atoms with Crippen LogP contribution in [0.1, 0.15) is 22.6 Å². The highest BCUT2D eigenvalue weighted by Crippen LogP contribution is 2.39. The molecule has 1 aliphatic rings. The molecule has 1 unspecified atom stereocenters. The molecule has 0 aromatic heterocycles. The molecule has 2 N–H and O–H groups in total. The SMILES string of the molecule is CN1Cc2c(Cl)cc(Cl)cc2C(c2cccc(Nc3c(O)c(=O)c3=O)c2)C1. The quantitative estimate of drug-likeness (QED) is 0.654. The zero-order valence-electron chi connectivity index (χ0n) is 14.4. The Labute approximate surface area is 165 Å². The molecule has 5 nitrogen and oxygen atoms in total. The fourth-order valence-corrected chi connectivity index (χ4v) is 4.17. The van der Waals surface area contributed by atoms with Crippen molar-refractivity contribution in [3.8, 4) is 5.75 Å². The lowest BCUT2D eigenvalue weighted by Gasteiger charge is -2.33. The minimum absolute atomic E-state index is 0.0537. The van der Waals surface area contributed by atoms with E-state index in [1.807, 2.05) is 31.3 Å². The van der Waals surface area contributed by atoms with Crippen LogP contribution in [0.5, 0.6) is 5.75 Å². The van der Waals surface area contributed by atoms with Gasteiger partial charge >= 0.3 is 0 Å². The third-order valence-electron chi connectivity index (χ3n) is 4.94. The standard InChI is InChI=1S/C20H16Cl2N2O3/c1-24-8-14(13-6-11(21)7-16(22)15(13)9-24)10-3-2-4-12(5-10)23-17-18(25)20(27)19(17)26/h2-7,14,23,25H,8-9H2,1H3. The van der Waals surface area contributed by atoms with Crippen molar-refractivity contribution in [3.63, 3.8) is 0 Å². The Bertz CT molecular complexity index is 1120. The molecule has 138 valence electrons. The van der Waals surface area contributed by atoms with Crippen molar-refractivity contribution in [1.82, 2.24) is 4.90 Å². The third kappa shape index (κ3) is 3.12. The summed E-state index contributed by atoms with van der Waals surface area (Å²) in [6.07, 6.45) is 0. The molecule has 0 saturated heterocycles. The Morgan fingerprint density at radius 3 is 2.67 bits per heavy atom. The van der Waals surface area contributed by atoms with E-state index >= 15 is 0 Å². The Kier molecular flexibility index (Phi) is 4.46. The van der Waals surface area contributed by atoms with Crippen molar-refractivity contribution >= 4 is 34.6 Å². The van der Waals surface area contributed by atoms with E-state index < -0.39 is 16.6 Å². The van der Waals surface area contributed by atoms with E-state index in [2.05, 4.69) is 10.2 Å². The van der Waals surface area contributed by atoms with Gasteiger partial charge in [-0.05, 0) is 48.0 Å². The average molecular weight is 403 g/mol. The molecule has 1 heterocycles. The highest BCUT2D eigenvalue weighted by molar-refractivity contribution is 6.35. The van der Waals surface area contributed by atoms with Crippen molar-refractivity contribution in [1.29, 1.82) is 0 Å². The van der Waals surface area contributed by atoms with Gasteiger partial charge < -0.3 is 15.3 Å². The second-order valence-electron chi connectivity index (χ2n) is 6.84. The lowest BCUT2D eigenvalue weighted by molar-refractivity contribution is 0.295. The van der Waals surface area contributed by atoms with Crippen LogP contribution < -0.4 is 16.2 Å². The van der Waals surface area contributed by atoms with Gasteiger partial charge in [-0.3, -0.25) is 9.59 Å². The molecule has 0 spiro atoms. The maximum atomic E-state index is 11.6. The molecule has 1 aliphatic heterocycles. The zero-order valence-corrected chi connectivity index (χ0v) is 15.9. The lowest BCUT2D eigenvalue weighted by atomic mass is 9.84. The van der Waals surface area contributed by atoms with Crippen LogP contribution in [0.2, 0.25) is 10.0 Å². The Hall–Kier alpha value is -2.34. The fourth-order valence-electron chi connectivity index (χ4n) is 3.60. The number of hydrogen-bond acceptors (Lipinski definition) is 5. The number of halogens is 2. The van der Waals surface area contributed by atoms with E-state index in [1.54, 1.807) is 12.1 Å². The van der Waals surface area contributed by atoms with Crippen molar-refractivity contribution in [2.24, 2.45) is 0 Å². The van der Waals surface area contributed by atoms with E-state index in [0.717, 1.165) is 29.8 Å². The smallest absolute Gasteiger partial charge is 0.271 e. The summed E-state index contributed by atoms with van der Waals surface area (Å²) in [5, 5.41) is 13.6. The summed E-state index contributed by atoms with van der Waals surface area (Å²) in [6, 6.07) is 11.2. The number of hydrogen-bond donors (Lipinski definition) is 2. The number of nitrogens with one attached hydrogen (secondary N) is 1. The topological polar surface area (TPSA) is 69.6 Å². The number of benzene rings is 2. The summed E-state index contributed by atoms with van der Waals surface area (Å²) >= 11 is 12.6. The number of fused-ring (bicyclic) bond motifs is 1. The molecule has 0 fully saturated rings. The molecular formula is C20H16Cl2N2O3. The van der Waals surface area contributed by atoms with Gasteiger partial charge in [-0.15, -0.1) is 0 Å². The molecule has 3 aromatic rings. The number of nitrogens with zero attached hydrogens (tertiary/aromatic N) is 1. The maximum Gasteiger partial charge on any atom is 0.271 e. The molecule has 0 aliphatic carbocycles. The maximum absolute atomic E-state index is 11.6. The fraction of sp³-hybridized carbons (Fsp3) is 0.200. The predicted molar refractivity (Wildman–Crippen MR) is 107 cm³/mol. The van der Waals surface area contributed by atoms with Crippen LogP contribution in [0.15, 0.2) is 46.0 Å². The second-order valence-corrected chi connectivity index (χ2v) is 7.68. The minimum Gasteiger partial charge on any atom is -0.502 e. The van der Waals surface area contributed by atoms with Gasteiger partial charge in [-0.1, -0.05) is 35.3 Å². The first-order valence-corrected chi connectivity index (χ1v) is 9.16. The molecule has 7 heteroatoms. The summed E-state index contributed by atoms with van der Waals surface area (Å²) in [5.41, 5.74) is 2.14. The predicted octanol–water partition coefficient (Wildman–Crippen LogP) is 3.62. The van der Waals surface area contributed by atoms with Gasteiger partial charge in [0.25, 0.3) is 10.9 Å². The van der Waals surface area contributed by atoms with E-state index in [9.17, 15) is 14.7 Å². The van der Waals surface area contributed by atoms with Gasteiger partial charge in [0.1, 0.15) is 5.69 Å². The number of anilines is 2. The van der Waals surface area contributed by atoms with Gasteiger partial charge in [-0.25, -0.2) is 0 Å². The molecule has 4 rings (SSSR count). The minimum atomic E-state index is -0.860. The number of likely N-dealkylation sites (N-methyl/N-ethyl adjacent to an activating group) is 1. The van der Waals surface area contributed by atoms with Gasteiger partial charge in [0.05, 0.1) is 0 Å². The Morgan fingerprint density at radius 2 is 1.93 bits per heavy atom. The van der Waals surface area contributed by atoms with Crippen molar-refractivity contribution in [2.45, 2.75) is 12.5 Å². The summed E-state index contributed by atoms with van der Waals surface area (Å²) in [4.78, 5) is 25.0. The highest BCUT2D eigenvalue weighted by atomic mass is 35.5. The summed E-state index contributed by atoms with van der Waals surface area (Å²) < 4.78 is 0. The van der Waals surface area contributed by atoms with Crippen LogP contribution in [-0.4, -0.2) is 23.6 Å². The normalized spacial score (nSPS) is 17.1. The summed E-state index contributed by atoms with van der Waals surface area (Å²) in [5.74, 6) is -0.468. The molecule has 3 aromatic carbocycles. The zero-order chi connectivity index (χ0) is 19.3. The van der Waals surface area contributed by atoms with Crippen LogP contribution >= 0.6 is 23.2 Å². The Balaban J connectivity index is 1.73. The average Bonchev–Trinajstić information content (AvgIpc) is 2.65. The van der Waals surface area contributed by atoms with E-state index in [4.69, 9.17) is 23.2 Å². The first kappa shape index (κ1) is 18.0. The van der Waals surface area contributed by atoms with Gasteiger partial charge in [-0.2, -0.15) is 0 Å². The molecule has 0 radical (unpaired) electrons. The molecule has 1 atom stereocenters. The molecule has 0 saturated carbocycles. The number of aromatic hydroxyl groups is 1. The molecular weight excluding hydrogens is 387 g/mol. The van der Waals surface area contributed by atoms with E-state index in [1.165, 1.54) is 0 Å². The second kappa shape index (κ2) is 6.68. The summed E-state index contributed by atoms with van der Waals surface area (Å²) in [7, 11) is 2.03. The van der Waals surface area contributed by atoms with Crippen LogP contribution in [0.4, 0.5) is 11.4 Å². The van der Waals surface area contributed by atoms with Crippen molar-refractivity contribution in [3.05, 3.63) is 83.6 Å². The molecule has 0 amide bonds. The van der Waals surface area contributed by atoms with Gasteiger partial charge in [0, 0.05) is 34.7 Å². The monoisotopic (exact) mass is 402 g/mol. The van der Waals surface area contributed by atoms with Crippen LogP contribution in [0.3, 0.4) is 0 Å². The largest absolute Gasteiger partial charge is 0.502 e. The highest BCUT2D eigenvalue weighted by Gasteiger charge is 2.27. The lowest BCUT2D eigenvalue weighted by Crippen LogP contribution is -2.32. The van der Waals surface area contributed by atoms with Gasteiger partial charge in [0.2, 0.25) is 0 Å². The van der Waals surface area contributed by atoms with Crippen LogP contribution in [-0.2, 0) is 6.54 Å². The Morgan fingerprint density at radius 1 is 1.15 bits per heavy atom.